The molecule has 106 valence electrons. The van der Waals surface area contributed by atoms with Crippen molar-refractivity contribution in [3.63, 3.8) is 0 Å². The molecule has 7 heteroatoms. The minimum Gasteiger partial charge on any atom is -0.548 e. The van der Waals surface area contributed by atoms with Crippen molar-refractivity contribution in [1.82, 2.24) is 0 Å². The van der Waals surface area contributed by atoms with Gasteiger partial charge in [0.2, 0.25) is 0 Å². The van der Waals surface area contributed by atoms with Gasteiger partial charge in [-0.2, -0.15) is 0 Å². The minimum atomic E-state index is -1.44. The van der Waals surface area contributed by atoms with Crippen molar-refractivity contribution >= 4 is 5.97 Å². The van der Waals surface area contributed by atoms with E-state index < -0.39 is 12.6 Å². The summed E-state index contributed by atoms with van der Waals surface area (Å²) < 4.78 is 9.44. The fraction of sp³-hybridized carbons (Fsp3) is 0.900. The van der Waals surface area contributed by atoms with E-state index in [2.05, 4.69) is 5.73 Å². The summed E-state index contributed by atoms with van der Waals surface area (Å²) in [5.74, 6) is -1.44. The van der Waals surface area contributed by atoms with Crippen LogP contribution in [0.15, 0.2) is 0 Å². The first-order valence-electron chi connectivity index (χ1n) is 5.38. The van der Waals surface area contributed by atoms with Gasteiger partial charge in [0.15, 0.2) is 0 Å². The van der Waals surface area contributed by atoms with Crippen LogP contribution in [0.1, 0.15) is 12.8 Å². The lowest BCUT2D eigenvalue weighted by Crippen LogP contribution is -2.50. The summed E-state index contributed by atoms with van der Waals surface area (Å²) in [6, 6.07) is 0. The molecule has 0 aliphatic carbocycles. The molecule has 0 aliphatic rings. The molecule has 6 N–H and O–H groups in total. The SMILES string of the molecule is COCCCN.COCCC[NH3+].O=C([O-])CO. The van der Waals surface area contributed by atoms with Gasteiger partial charge in [0, 0.05) is 27.2 Å². The van der Waals surface area contributed by atoms with Gasteiger partial charge in [0.1, 0.15) is 0 Å². The molecule has 0 bridgehead atoms. The van der Waals surface area contributed by atoms with Gasteiger partial charge in [0.05, 0.1) is 25.7 Å². The molecule has 0 saturated heterocycles. The lowest BCUT2D eigenvalue weighted by molar-refractivity contribution is -0.369. The fourth-order valence-corrected chi connectivity index (χ4v) is 0.474. The number of aliphatic carboxylic acids is 1. The van der Waals surface area contributed by atoms with Crippen LogP contribution in [0.3, 0.4) is 0 Å². The molecule has 0 radical (unpaired) electrons. The summed E-state index contributed by atoms with van der Waals surface area (Å²) >= 11 is 0. The number of carbonyl (C=O) groups excluding carboxylic acids is 1. The molecule has 0 atom stereocenters. The van der Waals surface area contributed by atoms with Crippen LogP contribution >= 0.6 is 0 Å². The third kappa shape index (κ3) is 50.9. The summed E-state index contributed by atoms with van der Waals surface area (Å²) in [5.41, 5.74) is 8.78. The summed E-state index contributed by atoms with van der Waals surface area (Å²) in [6.45, 7) is 2.46. The van der Waals surface area contributed by atoms with Gasteiger partial charge in [-0.15, -0.1) is 0 Å². The van der Waals surface area contributed by atoms with Crippen molar-refractivity contribution in [1.29, 1.82) is 0 Å². The zero-order valence-electron chi connectivity index (χ0n) is 10.8. The summed E-state index contributed by atoms with van der Waals surface area (Å²) in [6.07, 6.45) is 2.05. The van der Waals surface area contributed by atoms with Crippen LogP contribution in [0.2, 0.25) is 0 Å². The van der Waals surface area contributed by atoms with Crippen molar-refractivity contribution in [2.75, 3.05) is 47.1 Å². The third-order valence-corrected chi connectivity index (χ3v) is 1.28. The smallest absolute Gasteiger partial charge is 0.0826 e. The maximum Gasteiger partial charge on any atom is 0.0826 e. The van der Waals surface area contributed by atoms with Crippen molar-refractivity contribution < 1.29 is 30.2 Å². The number of hydrogen-bond acceptors (Lipinski definition) is 6. The second-order valence-corrected chi connectivity index (χ2v) is 2.87. The van der Waals surface area contributed by atoms with Crippen LogP contribution in [0.4, 0.5) is 0 Å². The Kier molecular flexibility index (Phi) is 31.0. The van der Waals surface area contributed by atoms with Crippen molar-refractivity contribution in [3.8, 4) is 0 Å². The van der Waals surface area contributed by atoms with E-state index in [4.69, 9.17) is 30.2 Å². The number of carboxylic acids is 1. The summed E-state index contributed by atoms with van der Waals surface area (Å²) in [7, 11) is 3.38. The number of aliphatic hydroxyl groups excluding tert-OH is 1. The van der Waals surface area contributed by atoms with Crippen molar-refractivity contribution in [2.45, 2.75) is 12.8 Å². The Morgan fingerprint density at radius 2 is 1.71 bits per heavy atom. The molecule has 0 fully saturated rings. The Hall–Kier alpha value is -0.730. The predicted octanol–water partition coefficient (Wildman–Crippen LogP) is -3.02. The Morgan fingerprint density at radius 1 is 1.29 bits per heavy atom. The van der Waals surface area contributed by atoms with Gasteiger partial charge in [-0.05, 0) is 13.0 Å². The molecule has 0 aromatic carbocycles. The van der Waals surface area contributed by atoms with Crippen LogP contribution in [0.25, 0.3) is 0 Å². The molecule has 17 heavy (non-hydrogen) atoms. The largest absolute Gasteiger partial charge is 0.548 e. The first-order valence-corrected chi connectivity index (χ1v) is 5.38. The Balaban J connectivity index is -0.000000174. The maximum absolute atomic E-state index is 9.01. The highest BCUT2D eigenvalue weighted by Crippen LogP contribution is 1.71. The normalized spacial score (nSPS) is 8.53. The van der Waals surface area contributed by atoms with Crippen LogP contribution in [-0.4, -0.2) is 58.2 Å². The number of nitrogens with two attached hydrogens (primary N) is 1. The monoisotopic (exact) mass is 254 g/mol. The number of carboxylic acid groups (broad SMARTS) is 1. The van der Waals surface area contributed by atoms with Crippen LogP contribution in [-0.2, 0) is 14.3 Å². The van der Waals surface area contributed by atoms with Crippen molar-refractivity contribution in [3.05, 3.63) is 0 Å². The molecule has 0 saturated carbocycles. The van der Waals surface area contributed by atoms with E-state index in [1.807, 2.05) is 0 Å². The molecule has 0 aromatic rings. The quantitative estimate of drug-likeness (QED) is 0.414. The summed E-state index contributed by atoms with van der Waals surface area (Å²) in [4.78, 5) is 9.01. The molecule has 7 nitrogen and oxygen atoms in total. The number of rotatable bonds is 7. The Bertz CT molecular complexity index is 120. The van der Waals surface area contributed by atoms with E-state index in [0.717, 1.165) is 39.1 Å². The van der Waals surface area contributed by atoms with Crippen LogP contribution in [0.5, 0.6) is 0 Å². The van der Waals surface area contributed by atoms with E-state index in [-0.39, 0.29) is 0 Å². The van der Waals surface area contributed by atoms with E-state index in [0.29, 0.717) is 0 Å². The standard InChI is InChI=1S/2C4H11NO.C2H4O3/c2*1-6-4-2-3-5;3-1-2(4)5/h2*2-5H2,1H3;3H,1H2,(H,4,5). The summed E-state index contributed by atoms with van der Waals surface area (Å²) in [5, 5.41) is 16.5. The molecule has 0 rings (SSSR count). The zero-order chi connectivity index (χ0) is 13.9. The topological polar surface area (TPSA) is 132 Å². The molecular formula is C10H26N2O5. The molecule has 0 aromatic heterocycles. The van der Waals surface area contributed by atoms with Crippen LogP contribution in [0, 0.1) is 0 Å². The molecule has 0 spiro atoms. The molecule has 0 heterocycles. The minimum absolute atomic E-state index is 0.730. The van der Waals surface area contributed by atoms with Gasteiger partial charge in [0.25, 0.3) is 0 Å². The van der Waals surface area contributed by atoms with Gasteiger partial charge in [-0.25, -0.2) is 0 Å². The molecule has 0 amide bonds. The lowest BCUT2D eigenvalue weighted by atomic mass is 10.5. The number of ether oxygens (including phenoxy) is 2. The first kappa shape index (κ1) is 21.5. The average molecular weight is 254 g/mol. The Morgan fingerprint density at radius 3 is 1.82 bits per heavy atom. The number of hydrogen-bond donors (Lipinski definition) is 3. The highest BCUT2D eigenvalue weighted by Gasteiger charge is 1.77. The molecule has 0 aliphatic heterocycles. The third-order valence-electron chi connectivity index (χ3n) is 1.28. The average Bonchev–Trinajstić information content (AvgIpc) is 2.35. The highest BCUT2D eigenvalue weighted by atomic mass is 16.5. The lowest BCUT2D eigenvalue weighted by Gasteiger charge is -1.89. The number of methoxy groups -OCH3 is 2. The van der Waals surface area contributed by atoms with Gasteiger partial charge < -0.3 is 35.9 Å². The molecule has 0 unspecified atom stereocenters. The van der Waals surface area contributed by atoms with Crippen LogP contribution < -0.4 is 16.6 Å². The maximum atomic E-state index is 9.01. The Labute approximate surface area is 103 Å². The highest BCUT2D eigenvalue weighted by molar-refractivity contribution is 5.65. The van der Waals surface area contributed by atoms with E-state index in [1.165, 1.54) is 0 Å². The molecular weight excluding hydrogens is 228 g/mol. The second-order valence-electron chi connectivity index (χ2n) is 2.87. The van der Waals surface area contributed by atoms with E-state index in [9.17, 15) is 0 Å². The number of quaternary nitrogens is 1. The first-order chi connectivity index (χ1) is 8.10. The zero-order valence-corrected chi connectivity index (χ0v) is 10.8. The number of carbonyl (C=O) groups is 1. The van der Waals surface area contributed by atoms with Gasteiger partial charge >= 0.3 is 0 Å². The van der Waals surface area contributed by atoms with E-state index in [1.54, 1.807) is 14.2 Å². The fourth-order valence-electron chi connectivity index (χ4n) is 0.474. The van der Waals surface area contributed by atoms with Gasteiger partial charge in [-0.1, -0.05) is 0 Å². The predicted molar refractivity (Wildman–Crippen MR) is 61.9 cm³/mol. The van der Waals surface area contributed by atoms with Gasteiger partial charge in [-0.3, -0.25) is 0 Å². The van der Waals surface area contributed by atoms with E-state index >= 15 is 0 Å². The number of aliphatic hydroxyl groups is 1. The van der Waals surface area contributed by atoms with Crippen molar-refractivity contribution in [2.24, 2.45) is 5.73 Å². The second kappa shape index (κ2) is 24.5.